The van der Waals surface area contributed by atoms with E-state index in [1.54, 1.807) is 7.05 Å². The van der Waals surface area contributed by atoms with E-state index in [1.165, 1.54) is 12.8 Å². The SMILES string of the molecule is C=CCCCCCN(C)C(=NC)NCC(=O)NCCC.I. The van der Waals surface area contributed by atoms with Gasteiger partial charge >= 0.3 is 0 Å². The molecule has 21 heavy (non-hydrogen) atoms. The van der Waals surface area contributed by atoms with Gasteiger partial charge in [-0.3, -0.25) is 9.79 Å². The molecule has 1 amide bonds. The summed E-state index contributed by atoms with van der Waals surface area (Å²) in [6.07, 6.45) is 7.47. The van der Waals surface area contributed by atoms with Gasteiger partial charge in [0.25, 0.3) is 0 Å². The lowest BCUT2D eigenvalue weighted by atomic mass is 10.2. The Morgan fingerprint density at radius 2 is 2.00 bits per heavy atom. The topological polar surface area (TPSA) is 56.7 Å². The quantitative estimate of drug-likeness (QED) is 0.191. The highest BCUT2D eigenvalue weighted by molar-refractivity contribution is 14.0. The highest BCUT2D eigenvalue weighted by Crippen LogP contribution is 2.01. The Morgan fingerprint density at radius 1 is 1.29 bits per heavy atom. The third kappa shape index (κ3) is 12.6. The summed E-state index contributed by atoms with van der Waals surface area (Å²) in [6.45, 7) is 7.68. The molecule has 0 atom stereocenters. The molecule has 6 heteroatoms. The maximum atomic E-state index is 11.5. The molecule has 0 rings (SSSR count). The fourth-order valence-electron chi connectivity index (χ4n) is 1.79. The van der Waals surface area contributed by atoms with E-state index in [0.29, 0.717) is 0 Å². The van der Waals surface area contributed by atoms with E-state index < -0.39 is 0 Å². The number of amides is 1. The van der Waals surface area contributed by atoms with Crippen molar-refractivity contribution in [1.82, 2.24) is 15.5 Å². The molecule has 0 aliphatic rings. The highest BCUT2D eigenvalue weighted by atomic mass is 127. The van der Waals surface area contributed by atoms with Crippen molar-refractivity contribution in [2.45, 2.75) is 39.0 Å². The number of unbranched alkanes of at least 4 members (excludes halogenated alkanes) is 3. The zero-order valence-corrected chi connectivity index (χ0v) is 16.0. The molecule has 2 N–H and O–H groups in total. The molecule has 5 nitrogen and oxygen atoms in total. The number of nitrogens with one attached hydrogen (secondary N) is 2. The molecular weight excluding hydrogens is 379 g/mol. The Balaban J connectivity index is 0. The maximum absolute atomic E-state index is 11.5. The number of carbonyl (C=O) groups excluding carboxylic acids is 1. The standard InChI is InChI=1S/C15H30N4O.HI/c1-5-7-8-9-10-12-19(4)15(16-3)18-13-14(20)17-11-6-2;/h5H,1,6-13H2,2-4H3,(H,16,18)(H,17,20);1H. The minimum absolute atomic E-state index is 0. The minimum atomic E-state index is 0. The average Bonchev–Trinajstić information content (AvgIpc) is 2.45. The summed E-state index contributed by atoms with van der Waals surface area (Å²) in [4.78, 5) is 17.8. The summed E-state index contributed by atoms with van der Waals surface area (Å²) in [5.41, 5.74) is 0. The summed E-state index contributed by atoms with van der Waals surface area (Å²) in [7, 11) is 3.73. The van der Waals surface area contributed by atoms with Crippen molar-refractivity contribution in [1.29, 1.82) is 0 Å². The molecule has 0 aliphatic heterocycles. The number of halogens is 1. The van der Waals surface area contributed by atoms with Gasteiger partial charge in [0.15, 0.2) is 5.96 Å². The van der Waals surface area contributed by atoms with Crippen LogP contribution in [0.3, 0.4) is 0 Å². The van der Waals surface area contributed by atoms with Gasteiger partial charge in [0.1, 0.15) is 0 Å². The monoisotopic (exact) mass is 410 g/mol. The van der Waals surface area contributed by atoms with Crippen LogP contribution in [-0.2, 0) is 4.79 Å². The summed E-state index contributed by atoms with van der Waals surface area (Å²) < 4.78 is 0. The van der Waals surface area contributed by atoms with E-state index in [1.807, 2.05) is 20.0 Å². The number of nitrogens with zero attached hydrogens (tertiary/aromatic N) is 2. The van der Waals surface area contributed by atoms with Crippen molar-refractivity contribution >= 4 is 35.8 Å². The van der Waals surface area contributed by atoms with Gasteiger partial charge in [0.05, 0.1) is 6.54 Å². The largest absolute Gasteiger partial charge is 0.355 e. The first-order valence-corrected chi connectivity index (χ1v) is 7.45. The Hall–Kier alpha value is -0.790. The van der Waals surface area contributed by atoms with E-state index >= 15 is 0 Å². The second-order valence-corrected chi connectivity index (χ2v) is 4.81. The van der Waals surface area contributed by atoms with Gasteiger partial charge in [0, 0.05) is 27.2 Å². The second kappa shape index (κ2) is 15.6. The zero-order valence-electron chi connectivity index (χ0n) is 13.7. The number of allylic oxidation sites excluding steroid dienone is 1. The molecule has 0 heterocycles. The summed E-state index contributed by atoms with van der Waals surface area (Å²) >= 11 is 0. The van der Waals surface area contributed by atoms with Crippen molar-refractivity contribution in [3.8, 4) is 0 Å². The van der Waals surface area contributed by atoms with Crippen LogP contribution in [0.1, 0.15) is 39.0 Å². The third-order valence-corrected chi connectivity index (χ3v) is 2.95. The molecule has 0 saturated heterocycles. The van der Waals surface area contributed by atoms with E-state index in [2.05, 4.69) is 27.1 Å². The van der Waals surface area contributed by atoms with Crippen LogP contribution in [0.15, 0.2) is 17.6 Å². The Morgan fingerprint density at radius 3 is 2.57 bits per heavy atom. The van der Waals surface area contributed by atoms with Gasteiger partial charge in [0.2, 0.25) is 5.91 Å². The Bertz CT molecular complexity index is 308. The van der Waals surface area contributed by atoms with Gasteiger partial charge in [-0.1, -0.05) is 19.4 Å². The van der Waals surface area contributed by atoms with Crippen LogP contribution in [0, 0.1) is 0 Å². The van der Waals surface area contributed by atoms with Crippen LogP contribution in [0.2, 0.25) is 0 Å². The first kappa shape index (κ1) is 22.5. The molecule has 0 radical (unpaired) electrons. The normalized spacial score (nSPS) is 10.5. The summed E-state index contributed by atoms with van der Waals surface area (Å²) in [5, 5.41) is 5.91. The van der Waals surface area contributed by atoms with Gasteiger partial charge < -0.3 is 15.5 Å². The van der Waals surface area contributed by atoms with Crippen LogP contribution < -0.4 is 10.6 Å². The number of rotatable bonds is 10. The van der Waals surface area contributed by atoms with Gasteiger partial charge in [-0.15, -0.1) is 30.6 Å². The van der Waals surface area contributed by atoms with Crippen molar-refractivity contribution in [2.24, 2.45) is 4.99 Å². The average molecular weight is 410 g/mol. The lowest BCUT2D eigenvalue weighted by molar-refractivity contribution is -0.120. The molecule has 0 bridgehead atoms. The third-order valence-electron chi connectivity index (χ3n) is 2.95. The first-order valence-electron chi connectivity index (χ1n) is 7.45. The highest BCUT2D eigenvalue weighted by Gasteiger charge is 2.07. The van der Waals surface area contributed by atoms with Crippen molar-refractivity contribution < 1.29 is 4.79 Å². The fourth-order valence-corrected chi connectivity index (χ4v) is 1.79. The zero-order chi connectivity index (χ0) is 15.2. The number of hydrogen-bond acceptors (Lipinski definition) is 2. The molecule has 0 aromatic carbocycles. The summed E-state index contributed by atoms with van der Waals surface area (Å²) in [5.74, 6) is 0.771. The maximum Gasteiger partial charge on any atom is 0.239 e. The van der Waals surface area contributed by atoms with Crippen molar-refractivity contribution in [3.63, 3.8) is 0 Å². The lowest BCUT2D eigenvalue weighted by Crippen LogP contribution is -2.44. The molecule has 0 fully saturated rings. The minimum Gasteiger partial charge on any atom is -0.355 e. The van der Waals surface area contributed by atoms with Crippen LogP contribution in [-0.4, -0.2) is 50.5 Å². The second-order valence-electron chi connectivity index (χ2n) is 4.81. The number of carbonyl (C=O) groups is 1. The molecule has 0 aromatic heterocycles. The Labute approximate surface area is 146 Å². The molecule has 0 unspecified atom stereocenters. The van der Waals surface area contributed by atoms with Gasteiger partial charge in [-0.25, -0.2) is 0 Å². The van der Waals surface area contributed by atoms with E-state index in [-0.39, 0.29) is 36.4 Å². The van der Waals surface area contributed by atoms with Gasteiger partial charge in [-0.2, -0.15) is 0 Å². The van der Waals surface area contributed by atoms with E-state index in [0.717, 1.165) is 38.3 Å². The fraction of sp³-hybridized carbons (Fsp3) is 0.733. The lowest BCUT2D eigenvalue weighted by Gasteiger charge is -2.21. The van der Waals surface area contributed by atoms with Crippen LogP contribution >= 0.6 is 24.0 Å². The first-order chi connectivity index (χ1) is 9.65. The van der Waals surface area contributed by atoms with E-state index in [9.17, 15) is 4.79 Å². The van der Waals surface area contributed by atoms with Gasteiger partial charge in [-0.05, 0) is 25.7 Å². The summed E-state index contributed by atoms with van der Waals surface area (Å²) in [6, 6.07) is 0. The number of hydrogen-bond donors (Lipinski definition) is 2. The van der Waals surface area contributed by atoms with Crippen LogP contribution in [0.25, 0.3) is 0 Å². The van der Waals surface area contributed by atoms with E-state index in [4.69, 9.17) is 0 Å². The molecule has 124 valence electrons. The van der Waals surface area contributed by atoms with Crippen LogP contribution in [0.4, 0.5) is 0 Å². The van der Waals surface area contributed by atoms with Crippen molar-refractivity contribution in [2.75, 3.05) is 33.7 Å². The Kier molecular flexibility index (Phi) is 16.7. The molecular formula is C15H31IN4O. The number of guanidine groups is 1. The molecule has 0 aromatic rings. The number of aliphatic imine (C=N–C) groups is 1. The van der Waals surface area contributed by atoms with Crippen molar-refractivity contribution in [3.05, 3.63) is 12.7 Å². The molecule has 0 spiro atoms. The van der Waals surface area contributed by atoms with Crippen LogP contribution in [0.5, 0.6) is 0 Å². The predicted molar refractivity (Wildman–Crippen MR) is 101 cm³/mol. The molecule has 0 aliphatic carbocycles. The smallest absolute Gasteiger partial charge is 0.239 e. The molecule has 0 saturated carbocycles. The predicted octanol–water partition coefficient (Wildman–Crippen LogP) is 2.38.